The third kappa shape index (κ3) is 2.70. The number of nitrogens with zero attached hydrogens (tertiary/aromatic N) is 4. The molecule has 8 nitrogen and oxygen atoms in total. The number of urea groups is 1. The van der Waals surface area contributed by atoms with E-state index in [4.69, 9.17) is 0 Å². The van der Waals surface area contributed by atoms with Crippen LogP contribution in [0.2, 0.25) is 0 Å². The van der Waals surface area contributed by atoms with E-state index in [9.17, 15) is 14.4 Å². The number of hydrogen-bond acceptors (Lipinski definition) is 5. The van der Waals surface area contributed by atoms with Crippen LogP contribution in [0.25, 0.3) is 5.13 Å². The number of aromatic nitrogens is 2. The Balaban J connectivity index is 1.51. The predicted molar refractivity (Wildman–Crippen MR) is 90.7 cm³/mol. The van der Waals surface area contributed by atoms with Crippen molar-refractivity contribution in [1.82, 2.24) is 24.7 Å². The molecule has 1 atom stereocenters. The molecule has 0 radical (unpaired) electrons. The summed E-state index contributed by atoms with van der Waals surface area (Å²) in [6.07, 6.45) is 4.37. The largest absolute Gasteiger partial charge is 0.336 e. The molecule has 0 aliphatic carbocycles. The van der Waals surface area contributed by atoms with Crippen molar-refractivity contribution in [2.75, 3.05) is 19.6 Å². The second-order valence-corrected chi connectivity index (χ2v) is 7.09. The summed E-state index contributed by atoms with van der Waals surface area (Å²) in [5, 5.41) is 3.27. The molecule has 130 valence electrons. The molecule has 2 aromatic rings. The standard InChI is InChI=1S/C16H17N5O3S/c1-10-13(25-16(18-10)19-5-2-3-6-19)14(23)20-7-4-11(9-20)21-12(22)8-17-15(21)24/h2-3,5-6,11H,4,7-9H2,1H3,(H,17,24). The smallest absolute Gasteiger partial charge is 0.324 e. The lowest BCUT2D eigenvalue weighted by Gasteiger charge is -2.21. The summed E-state index contributed by atoms with van der Waals surface area (Å²) in [6, 6.07) is 3.19. The SMILES string of the molecule is Cc1nc(-n2cccc2)sc1C(=O)N1CCC(N2C(=O)CNC2=O)C1. The minimum atomic E-state index is -0.367. The highest BCUT2D eigenvalue weighted by molar-refractivity contribution is 7.16. The van der Waals surface area contributed by atoms with E-state index in [1.807, 2.05) is 36.0 Å². The molecule has 2 fully saturated rings. The molecule has 0 bridgehead atoms. The number of rotatable bonds is 3. The average molecular weight is 359 g/mol. The Kier molecular flexibility index (Phi) is 3.79. The van der Waals surface area contributed by atoms with Gasteiger partial charge in [0.25, 0.3) is 5.91 Å². The highest BCUT2D eigenvalue weighted by Crippen LogP contribution is 2.26. The minimum Gasteiger partial charge on any atom is -0.336 e. The molecular weight excluding hydrogens is 342 g/mol. The first-order valence-electron chi connectivity index (χ1n) is 8.04. The Morgan fingerprint density at radius 3 is 2.76 bits per heavy atom. The predicted octanol–water partition coefficient (Wildman–Crippen LogP) is 1.01. The van der Waals surface area contributed by atoms with Gasteiger partial charge in [-0.05, 0) is 25.5 Å². The van der Waals surface area contributed by atoms with Gasteiger partial charge in [0.15, 0.2) is 5.13 Å². The third-order valence-corrected chi connectivity index (χ3v) is 5.66. The number of likely N-dealkylation sites (tertiary alicyclic amines) is 1. The first kappa shape index (κ1) is 15.8. The molecule has 4 rings (SSSR count). The number of thiazole rings is 1. The maximum Gasteiger partial charge on any atom is 0.324 e. The van der Waals surface area contributed by atoms with Gasteiger partial charge in [0.2, 0.25) is 5.91 Å². The summed E-state index contributed by atoms with van der Waals surface area (Å²) >= 11 is 1.35. The number of aryl methyl sites for hydroxylation is 1. The molecule has 1 N–H and O–H groups in total. The quantitative estimate of drug-likeness (QED) is 0.829. The van der Waals surface area contributed by atoms with Crippen molar-refractivity contribution in [2.45, 2.75) is 19.4 Å². The van der Waals surface area contributed by atoms with E-state index in [2.05, 4.69) is 10.3 Å². The molecule has 2 saturated heterocycles. The number of carbonyl (C=O) groups excluding carboxylic acids is 3. The fraction of sp³-hybridized carbons (Fsp3) is 0.375. The third-order valence-electron chi connectivity index (χ3n) is 4.50. The lowest BCUT2D eigenvalue weighted by Crippen LogP contribution is -2.42. The van der Waals surface area contributed by atoms with E-state index >= 15 is 0 Å². The van der Waals surface area contributed by atoms with Gasteiger partial charge in [0.05, 0.1) is 18.3 Å². The van der Waals surface area contributed by atoms with Crippen molar-refractivity contribution < 1.29 is 14.4 Å². The molecule has 2 aliphatic rings. The Labute approximate surface area is 148 Å². The summed E-state index contributed by atoms with van der Waals surface area (Å²) < 4.78 is 1.87. The summed E-state index contributed by atoms with van der Waals surface area (Å²) in [5.41, 5.74) is 0.692. The molecule has 9 heteroatoms. The number of carbonyl (C=O) groups is 3. The van der Waals surface area contributed by atoms with E-state index in [0.717, 1.165) is 5.13 Å². The molecule has 0 saturated carbocycles. The van der Waals surface area contributed by atoms with Crippen molar-refractivity contribution in [3.8, 4) is 5.13 Å². The molecule has 4 amide bonds. The Morgan fingerprint density at radius 1 is 1.32 bits per heavy atom. The van der Waals surface area contributed by atoms with E-state index in [1.54, 1.807) is 4.90 Å². The zero-order chi connectivity index (χ0) is 17.6. The summed E-state index contributed by atoms with van der Waals surface area (Å²) in [5.74, 6) is -0.323. The minimum absolute atomic E-state index is 0.0391. The number of nitrogens with one attached hydrogen (secondary N) is 1. The molecule has 2 aliphatic heterocycles. The Morgan fingerprint density at radius 2 is 2.08 bits per heavy atom. The zero-order valence-electron chi connectivity index (χ0n) is 13.6. The number of amides is 4. The van der Waals surface area contributed by atoms with Crippen LogP contribution in [0.3, 0.4) is 0 Å². The molecule has 4 heterocycles. The maximum atomic E-state index is 12.9. The average Bonchev–Trinajstić information content (AvgIpc) is 3.34. The molecule has 1 unspecified atom stereocenters. The van der Waals surface area contributed by atoms with Crippen LogP contribution in [0.4, 0.5) is 4.79 Å². The van der Waals surface area contributed by atoms with E-state index in [1.165, 1.54) is 16.2 Å². The second kappa shape index (κ2) is 5.99. The van der Waals surface area contributed by atoms with Crippen LogP contribution < -0.4 is 5.32 Å². The van der Waals surface area contributed by atoms with Crippen molar-refractivity contribution in [3.05, 3.63) is 35.1 Å². The fourth-order valence-electron chi connectivity index (χ4n) is 3.24. The van der Waals surface area contributed by atoms with Crippen LogP contribution in [0.15, 0.2) is 24.5 Å². The van der Waals surface area contributed by atoms with Crippen LogP contribution in [-0.4, -0.2) is 62.9 Å². The van der Waals surface area contributed by atoms with Gasteiger partial charge in [-0.3, -0.25) is 14.5 Å². The van der Waals surface area contributed by atoms with Gasteiger partial charge in [0, 0.05) is 25.5 Å². The lowest BCUT2D eigenvalue weighted by molar-refractivity contribution is -0.126. The molecule has 0 spiro atoms. The molecule has 25 heavy (non-hydrogen) atoms. The first-order valence-corrected chi connectivity index (χ1v) is 8.86. The van der Waals surface area contributed by atoms with Crippen LogP contribution >= 0.6 is 11.3 Å². The van der Waals surface area contributed by atoms with Crippen LogP contribution in [0, 0.1) is 6.92 Å². The van der Waals surface area contributed by atoms with Crippen molar-refractivity contribution in [1.29, 1.82) is 0 Å². The summed E-state index contributed by atoms with van der Waals surface area (Å²) in [6.45, 7) is 2.75. The topological polar surface area (TPSA) is 87.5 Å². The lowest BCUT2D eigenvalue weighted by atomic mass is 10.2. The van der Waals surface area contributed by atoms with Crippen molar-refractivity contribution >= 4 is 29.2 Å². The second-order valence-electron chi connectivity index (χ2n) is 6.12. The van der Waals surface area contributed by atoms with Gasteiger partial charge in [-0.15, -0.1) is 0 Å². The van der Waals surface area contributed by atoms with Gasteiger partial charge in [0.1, 0.15) is 4.88 Å². The normalized spacial score (nSPS) is 20.4. The molecule has 0 aromatic carbocycles. The van der Waals surface area contributed by atoms with Gasteiger partial charge < -0.3 is 14.8 Å². The van der Waals surface area contributed by atoms with Crippen LogP contribution in [0.1, 0.15) is 21.8 Å². The van der Waals surface area contributed by atoms with E-state index in [0.29, 0.717) is 30.1 Å². The summed E-state index contributed by atoms with van der Waals surface area (Å²) in [4.78, 5) is 44.5. The van der Waals surface area contributed by atoms with Gasteiger partial charge in [-0.25, -0.2) is 9.78 Å². The maximum absolute atomic E-state index is 12.9. The van der Waals surface area contributed by atoms with E-state index < -0.39 is 0 Å². The van der Waals surface area contributed by atoms with Crippen LogP contribution in [-0.2, 0) is 4.79 Å². The zero-order valence-corrected chi connectivity index (χ0v) is 14.5. The van der Waals surface area contributed by atoms with E-state index in [-0.39, 0.29) is 30.4 Å². The van der Waals surface area contributed by atoms with Crippen LogP contribution in [0.5, 0.6) is 0 Å². The first-order chi connectivity index (χ1) is 12.0. The van der Waals surface area contributed by atoms with Gasteiger partial charge in [-0.2, -0.15) is 0 Å². The Hall–Kier alpha value is -2.68. The number of hydrogen-bond donors (Lipinski definition) is 1. The molecule has 2 aromatic heterocycles. The van der Waals surface area contributed by atoms with Gasteiger partial charge >= 0.3 is 6.03 Å². The molecular formula is C16H17N5O3S. The fourth-order valence-corrected chi connectivity index (χ4v) is 4.24. The highest BCUT2D eigenvalue weighted by atomic mass is 32.1. The van der Waals surface area contributed by atoms with Crippen molar-refractivity contribution in [3.63, 3.8) is 0 Å². The monoisotopic (exact) mass is 359 g/mol. The Bertz CT molecular complexity index is 828. The summed E-state index contributed by atoms with van der Waals surface area (Å²) in [7, 11) is 0. The highest BCUT2D eigenvalue weighted by Gasteiger charge is 2.40. The number of imide groups is 1. The van der Waals surface area contributed by atoms with Gasteiger partial charge in [-0.1, -0.05) is 11.3 Å². The van der Waals surface area contributed by atoms with Crippen molar-refractivity contribution in [2.24, 2.45) is 0 Å².